The second-order valence-electron chi connectivity index (χ2n) is 4.92. The fourth-order valence-electron chi connectivity index (χ4n) is 1.94. The van der Waals surface area contributed by atoms with E-state index in [0.717, 1.165) is 5.02 Å². The first kappa shape index (κ1) is 19.5. The first-order valence-corrected chi connectivity index (χ1v) is 8.59. The number of benzene rings is 1. The van der Waals surface area contributed by atoms with Crippen molar-refractivity contribution in [2.24, 2.45) is 0 Å². The number of hydrogen-bond donors (Lipinski definition) is 3. The number of nitrogens with one attached hydrogen (secondary N) is 1. The fourth-order valence-corrected chi connectivity index (χ4v) is 3.07. The van der Waals surface area contributed by atoms with Crippen molar-refractivity contribution in [3.8, 4) is 0 Å². The van der Waals surface area contributed by atoms with Gasteiger partial charge in [0, 0.05) is 33.9 Å². The number of piperidine rings is 1. The molecule has 126 valence electrons. The Labute approximate surface area is 144 Å². The van der Waals surface area contributed by atoms with Gasteiger partial charge in [0.05, 0.1) is 0 Å². The summed E-state index contributed by atoms with van der Waals surface area (Å²) in [7, 11) is 0. The van der Waals surface area contributed by atoms with Crippen LogP contribution in [0.15, 0.2) is 41.3 Å². The van der Waals surface area contributed by atoms with Gasteiger partial charge in [0.15, 0.2) is 0 Å². The maximum atomic E-state index is 9.55. The van der Waals surface area contributed by atoms with Crippen molar-refractivity contribution in [3.05, 3.63) is 41.4 Å². The molecule has 1 fully saturated rings. The summed E-state index contributed by atoms with van der Waals surface area (Å²) in [5, 5.41) is 20.0. The predicted octanol–water partition coefficient (Wildman–Crippen LogP) is 3.29. The van der Waals surface area contributed by atoms with Crippen LogP contribution < -0.4 is 5.32 Å². The quantitative estimate of drug-likeness (QED) is 0.553. The van der Waals surface area contributed by atoms with Crippen LogP contribution in [0.5, 0.6) is 0 Å². The van der Waals surface area contributed by atoms with Crippen molar-refractivity contribution in [2.45, 2.75) is 30.2 Å². The Hall–Kier alpha value is -1.50. The van der Waals surface area contributed by atoms with E-state index in [1.54, 1.807) is 0 Å². The molecule has 1 atom stereocenters. The second kappa shape index (κ2) is 11.1. The summed E-state index contributed by atoms with van der Waals surface area (Å²) in [5.74, 6) is -1.35. The van der Waals surface area contributed by atoms with Crippen LogP contribution in [-0.4, -0.2) is 40.5 Å². The van der Waals surface area contributed by atoms with E-state index in [1.165, 1.54) is 36.5 Å². The zero-order valence-electron chi connectivity index (χ0n) is 12.6. The number of aliphatic carboxylic acids is 2. The van der Waals surface area contributed by atoms with Crippen LogP contribution in [0.1, 0.15) is 19.3 Å². The van der Waals surface area contributed by atoms with Crippen LogP contribution in [-0.2, 0) is 9.59 Å². The molecule has 0 spiro atoms. The summed E-state index contributed by atoms with van der Waals surface area (Å²) in [5.41, 5.74) is 0. The fraction of sp³-hybridized carbons (Fsp3) is 0.375. The summed E-state index contributed by atoms with van der Waals surface area (Å²) in [6.45, 7) is 1.19. The van der Waals surface area contributed by atoms with Gasteiger partial charge in [-0.05, 0) is 43.7 Å². The zero-order valence-corrected chi connectivity index (χ0v) is 14.1. The van der Waals surface area contributed by atoms with Gasteiger partial charge in [-0.15, -0.1) is 11.8 Å². The average molecular weight is 358 g/mol. The summed E-state index contributed by atoms with van der Waals surface area (Å²) in [4.78, 5) is 20.4. The van der Waals surface area contributed by atoms with Crippen molar-refractivity contribution in [3.63, 3.8) is 0 Å². The largest absolute Gasteiger partial charge is 0.478 e. The van der Waals surface area contributed by atoms with E-state index in [1.807, 2.05) is 23.9 Å². The third-order valence-electron chi connectivity index (χ3n) is 3.05. The van der Waals surface area contributed by atoms with Crippen LogP contribution in [0.4, 0.5) is 0 Å². The number of carboxylic acids is 2. The zero-order chi connectivity index (χ0) is 17.1. The topological polar surface area (TPSA) is 86.6 Å². The molecule has 1 heterocycles. The maximum absolute atomic E-state index is 9.55. The Morgan fingerprint density at radius 2 is 1.78 bits per heavy atom. The minimum atomic E-state index is -1.26. The highest BCUT2D eigenvalue weighted by molar-refractivity contribution is 7.99. The molecule has 7 heteroatoms. The first-order valence-electron chi connectivity index (χ1n) is 7.23. The molecule has 1 aromatic rings. The SMILES string of the molecule is Clc1ccc(SCC2CCCCN2)cc1.O=C(O)C=CC(=O)O. The highest BCUT2D eigenvalue weighted by Crippen LogP contribution is 2.22. The van der Waals surface area contributed by atoms with E-state index in [-0.39, 0.29) is 0 Å². The van der Waals surface area contributed by atoms with Gasteiger partial charge in [-0.25, -0.2) is 9.59 Å². The molecule has 0 aromatic heterocycles. The van der Waals surface area contributed by atoms with Gasteiger partial charge in [0.25, 0.3) is 0 Å². The molecule has 1 aliphatic rings. The Balaban J connectivity index is 0.000000284. The lowest BCUT2D eigenvalue weighted by Gasteiger charge is -2.22. The molecule has 0 aliphatic carbocycles. The molecule has 2 rings (SSSR count). The van der Waals surface area contributed by atoms with E-state index in [9.17, 15) is 9.59 Å². The molecular formula is C16H20ClNO4S. The summed E-state index contributed by atoms with van der Waals surface area (Å²) < 4.78 is 0. The predicted molar refractivity (Wildman–Crippen MR) is 92.2 cm³/mol. The van der Waals surface area contributed by atoms with E-state index < -0.39 is 11.9 Å². The van der Waals surface area contributed by atoms with E-state index >= 15 is 0 Å². The number of thioether (sulfide) groups is 1. The highest BCUT2D eigenvalue weighted by Gasteiger charge is 2.12. The standard InChI is InChI=1S/C12H16ClNS.C4H4O4/c13-10-4-6-12(7-5-10)15-9-11-3-1-2-8-14-11;5-3(6)1-2-4(7)8/h4-7,11,14H,1-3,8-9H2;1-2H,(H,5,6)(H,7,8). The highest BCUT2D eigenvalue weighted by atomic mass is 35.5. The van der Waals surface area contributed by atoms with Crippen LogP contribution in [0, 0.1) is 0 Å². The molecule has 23 heavy (non-hydrogen) atoms. The van der Waals surface area contributed by atoms with E-state index in [0.29, 0.717) is 18.2 Å². The van der Waals surface area contributed by atoms with Gasteiger partial charge in [0.2, 0.25) is 0 Å². The number of halogens is 1. The molecule has 1 unspecified atom stereocenters. The molecule has 0 saturated carbocycles. The van der Waals surface area contributed by atoms with Gasteiger partial charge in [-0.2, -0.15) is 0 Å². The smallest absolute Gasteiger partial charge is 0.328 e. The summed E-state index contributed by atoms with van der Waals surface area (Å²) >= 11 is 7.75. The monoisotopic (exact) mass is 357 g/mol. The Bertz CT molecular complexity index is 511. The average Bonchev–Trinajstić information content (AvgIpc) is 2.54. The number of hydrogen-bond acceptors (Lipinski definition) is 4. The molecular weight excluding hydrogens is 338 g/mol. The second-order valence-corrected chi connectivity index (χ2v) is 6.45. The van der Waals surface area contributed by atoms with Crippen LogP contribution in [0.3, 0.4) is 0 Å². The first-order chi connectivity index (χ1) is 11.0. The Morgan fingerprint density at radius 1 is 1.17 bits per heavy atom. The minimum Gasteiger partial charge on any atom is -0.478 e. The third-order valence-corrected chi connectivity index (χ3v) is 4.47. The maximum Gasteiger partial charge on any atom is 0.328 e. The molecule has 0 bridgehead atoms. The van der Waals surface area contributed by atoms with Gasteiger partial charge in [0.1, 0.15) is 0 Å². The molecule has 0 amide bonds. The van der Waals surface area contributed by atoms with Crippen molar-refractivity contribution in [1.29, 1.82) is 0 Å². The van der Waals surface area contributed by atoms with Crippen molar-refractivity contribution in [2.75, 3.05) is 12.3 Å². The van der Waals surface area contributed by atoms with Gasteiger partial charge in [-0.1, -0.05) is 18.0 Å². The van der Waals surface area contributed by atoms with Gasteiger partial charge in [-0.3, -0.25) is 0 Å². The molecule has 5 nitrogen and oxygen atoms in total. The Morgan fingerprint density at radius 3 is 2.26 bits per heavy atom. The lowest BCUT2D eigenvalue weighted by Crippen LogP contribution is -2.35. The lowest BCUT2D eigenvalue weighted by molar-refractivity contribution is -0.134. The van der Waals surface area contributed by atoms with E-state index in [2.05, 4.69) is 17.4 Å². The molecule has 1 saturated heterocycles. The Kier molecular flexibility index (Phi) is 9.43. The summed E-state index contributed by atoms with van der Waals surface area (Å²) in [6.07, 6.45) is 5.15. The van der Waals surface area contributed by atoms with Crippen LogP contribution in [0.25, 0.3) is 0 Å². The molecule has 3 N–H and O–H groups in total. The minimum absolute atomic E-state index is 0.558. The number of carbonyl (C=O) groups is 2. The molecule has 1 aliphatic heterocycles. The lowest BCUT2D eigenvalue weighted by atomic mass is 10.1. The van der Waals surface area contributed by atoms with Crippen LogP contribution >= 0.6 is 23.4 Å². The molecule has 0 radical (unpaired) electrons. The van der Waals surface area contributed by atoms with Crippen molar-refractivity contribution in [1.82, 2.24) is 5.32 Å². The summed E-state index contributed by atoms with van der Waals surface area (Å²) in [6, 6.07) is 8.79. The normalized spacial score (nSPS) is 17.3. The van der Waals surface area contributed by atoms with Gasteiger partial charge >= 0.3 is 11.9 Å². The number of rotatable bonds is 5. The number of carboxylic acid groups (broad SMARTS) is 2. The van der Waals surface area contributed by atoms with Crippen molar-refractivity contribution >= 4 is 35.3 Å². The van der Waals surface area contributed by atoms with E-state index in [4.69, 9.17) is 21.8 Å². The van der Waals surface area contributed by atoms with Crippen molar-refractivity contribution < 1.29 is 19.8 Å². The molecule has 1 aromatic carbocycles. The van der Waals surface area contributed by atoms with Crippen LogP contribution in [0.2, 0.25) is 5.02 Å². The van der Waals surface area contributed by atoms with Gasteiger partial charge < -0.3 is 15.5 Å². The third kappa shape index (κ3) is 9.99.